The normalized spacial score (nSPS) is 34.7. The van der Waals surface area contributed by atoms with Crippen molar-refractivity contribution in [3.05, 3.63) is 60.2 Å². The molecule has 0 bridgehead atoms. The smallest absolute Gasteiger partial charge is 0.311 e. The van der Waals surface area contributed by atoms with Gasteiger partial charge in [0.25, 0.3) is 0 Å². The summed E-state index contributed by atoms with van der Waals surface area (Å²) in [5, 5.41) is 10.5. The maximum atomic E-state index is 14.4. The van der Waals surface area contributed by atoms with Gasteiger partial charge >= 0.3 is 5.97 Å². The Hall–Kier alpha value is -2.58. The van der Waals surface area contributed by atoms with E-state index >= 15 is 0 Å². The van der Waals surface area contributed by atoms with E-state index in [9.17, 15) is 19.5 Å². The van der Waals surface area contributed by atoms with E-state index < -0.39 is 33.4 Å². The fourth-order valence-corrected chi connectivity index (χ4v) is 8.73. The zero-order valence-electron chi connectivity index (χ0n) is 21.7. The van der Waals surface area contributed by atoms with Gasteiger partial charge in [-0.3, -0.25) is 14.4 Å². The van der Waals surface area contributed by atoms with Crippen molar-refractivity contribution >= 4 is 29.5 Å². The largest absolute Gasteiger partial charge is 0.465 e. The molecule has 0 saturated carbocycles. The second-order valence-corrected chi connectivity index (χ2v) is 12.6. The molecular weight excluding hydrogens is 488 g/mol. The SMILES string of the molecule is CC[C@H](C)[C@H](CO)N1C(=O)[C@@H]2[C@H]3C(=O)OCCC=C[C@@]3(C)S[C@@]23C=CCN(Cc2ccccc2)C(=O)C13. The molecule has 7 nitrogen and oxygen atoms in total. The van der Waals surface area contributed by atoms with Gasteiger partial charge in [0, 0.05) is 17.8 Å². The first-order chi connectivity index (χ1) is 17.8. The van der Waals surface area contributed by atoms with Crippen LogP contribution in [-0.4, -0.2) is 74.0 Å². The van der Waals surface area contributed by atoms with Crippen molar-refractivity contribution in [2.45, 2.75) is 61.7 Å². The van der Waals surface area contributed by atoms with Gasteiger partial charge in [-0.25, -0.2) is 0 Å². The van der Waals surface area contributed by atoms with Crippen LogP contribution in [0.3, 0.4) is 0 Å². The molecule has 1 aromatic rings. The molecule has 1 unspecified atom stereocenters. The highest BCUT2D eigenvalue weighted by Gasteiger charge is 2.74. The summed E-state index contributed by atoms with van der Waals surface area (Å²) in [7, 11) is 0. The van der Waals surface area contributed by atoms with Gasteiger partial charge in [0.2, 0.25) is 11.8 Å². The topological polar surface area (TPSA) is 87.2 Å². The van der Waals surface area contributed by atoms with Crippen LogP contribution in [0.25, 0.3) is 0 Å². The van der Waals surface area contributed by atoms with E-state index in [1.807, 2.05) is 75.4 Å². The molecule has 4 aliphatic heterocycles. The van der Waals surface area contributed by atoms with Crippen LogP contribution >= 0.6 is 11.8 Å². The van der Waals surface area contributed by atoms with Crippen molar-refractivity contribution in [1.82, 2.24) is 9.80 Å². The molecule has 1 spiro atoms. The number of aliphatic hydroxyl groups excluding tert-OH is 1. The van der Waals surface area contributed by atoms with E-state index in [1.54, 1.807) is 9.80 Å². The summed E-state index contributed by atoms with van der Waals surface area (Å²) in [5.74, 6) is -2.26. The lowest BCUT2D eigenvalue weighted by atomic mass is 9.74. The summed E-state index contributed by atoms with van der Waals surface area (Å²) >= 11 is 1.54. The number of fused-ring (bicyclic) bond motifs is 2. The van der Waals surface area contributed by atoms with Crippen molar-refractivity contribution < 1.29 is 24.2 Å². The molecule has 198 valence electrons. The lowest BCUT2D eigenvalue weighted by molar-refractivity contribution is -0.155. The van der Waals surface area contributed by atoms with Gasteiger partial charge in [-0.15, -0.1) is 11.8 Å². The number of carbonyl (C=O) groups is 3. The van der Waals surface area contributed by atoms with Gasteiger partial charge in [0.05, 0.1) is 35.8 Å². The molecule has 2 amide bonds. The van der Waals surface area contributed by atoms with Crippen molar-refractivity contribution in [3.8, 4) is 0 Å². The Morgan fingerprint density at radius 3 is 2.57 bits per heavy atom. The number of hydrogen-bond acceptors (Lipinski definition) is 6. The average molecular weight is 525 g/mol. The maximum absolute atomic E-state index is 14.4. The zero-order chi connectivity index (χ0) is 26.4. The second kappa shape index (κ2) is 9.95. The van der Waals surface area contributed by atoms with Gasteiger partial charge in [0.1, 0.15) is 6.04 Å². The second-order valence-electron chi connectivity index (χ2n) is 10.8. The Balaban J connectivity index is 1.64. The number of amides is 2. The van der Waals surface area contributed by atoms with Crippen LogP contribution in [-0.2, 0) is 25.7 Å². The lowest BCUT2D eigenvalue weighted by Gasteiger charge is -2.41. The number of cyclic esters (lactones) is 1. The fourth-order valence-electron chi connectivity index (χ4n) is 6.59. The van der Waals surface area contributed by atoms with E-state index in [0.29, 0.717) is 19.5 Å². The minimum Gasteiger partial charge on any atom is -0.465 e. The number of thioether (sulfide) groups is 1. The highest BCUT2D eigenvalue weighted by Crippen LogP contribution is 2.65. The third kappa shape index (κ3) is 4.13. The Kier molecular flexibility index (Phi) is 7.00. The number of esters is 1. The Morgan fingerprint density at radius 1 is 1.11 bits per heavy atom. The zero-order valence-corrected chi connectivity index (χ0v) is 22.5. The predicted molar refractivity (Wildman–Crippen MR) is 142 cm³/mol. The van der Waals surface area contributed by atoms with Crippen molar-refractivity contribution in [2.24, 2.45) is 17.8 Å². The Labute approximate surface area is 222 Å². The molecule has 8 heteroatoms. The monoisotopic (exact) mass is 524 g/mol. The molecule has 7 atom stereocenters. The summed E-state index contributed by atoms with van der Waals surface area (Å²) in [6.45, 7) is 6.86. The quantitative estimate of drug-likeness (QED) is 0.454. The molecule has 2 saturated heterocycles. The number of carbonyl (C=O) groups excluding carboxylic acids is 3. The van der Waals surface area contributed by atoms with Gasteiger partial charge < -0.3 is 19.6 Å². The Morgan fingerprint density at radius 2 is 1.86 bits per heavy atom. The summed E-state index contributed by atoms with van der Waals surface area (Å²) in [6, 6.07) is 8.47. The van der Waals surface area contributed by atoms with Crippen LogP contribution in [0.4, 0.5) is 0 Å². The first-order valence-electron chi connectivity index (χ1n) is 13.3. The van der Waals surface area contributed by atoms with Crippen molar-refractivity contribution in [2.75, 3.05) is 19.8 Å². The minimum atomic E-state index is -0.937. The third-order valence-electron chi connectivity index (χ3n) is 8.60. The van der Waals surface area contributed by atoms with Crippen LogP contribution in [0.1, 0.15) is 39.2 Å². The fraction of sp³-hybridized carbons (Fsp3) is 0.552. The van der Waals surface area contributed by atoms with E-state index in [-0.39, 0.29) is 36.9 Å². The summed E-state index contributed by atoms with van der Waals surface area (Å²) in [4.78, 5) is 45.7. The molecule has 4 aliphatic rings. The van der Waals surface area contributed by atoms with Gasteiger partial charge in [0.15, 0.2) is 0 Å². The molecule has 2 fully saturated rings. The molecule has 4 heterocycles. The van der Waals surface area contributed by atoms with Gasteiger partial charge in [-0.1, -0.05) is 74.9 Å². The molecule has 1 N–H and O–H groups in total. The van der Waals surface area contributed by atoms with Crippen LogP contribution < -0.4 is 0 Å². The molecule has 1 aromatic carbocycles. The third-order valence-corrected chi connectivity index (χ3v) is 10.4. The van der Waals surface area contributed by atoms with Crippen LogP contribution in [0.2, 0.25) is 0 Å². The highest BCUT2D eigenvalue weighted by atomic mass is 32.2. The first kappa shape index (κ1) is 26.0. The van der Waals surface area contributed by atoms with E-state index in [1.165, 1.54) is 11.8 Å². The molecule has 0 aromatic heterocycles. The first-order valence-corrected chi connectivity index (χ1v) is 14.1. The van der Waals surface area contributed by atoms with Gasteiger partial charge in [-0.05, 0) is 24.8 Å². The summed E-state index contributed by atoms with van der Waals surface area (Å²) in [5.41, 5.74) is 1.01. The summed E-state index contributed by atoms with van der Waals surface area (Å²) < 4.78 is 3.98. The molecule has 37 heavy (non-hydrogen) atoms. The number of ether oxygens (including phenoxy) is 1. The molecular formula is C29H36N2O5S. The number of aliphatic hydroxyl groups is 1. The van der Waals surface area contributed by atoms with Crippen LogP contribution in [0.5, 0.6) is 0 Å². The summed E-state index contributed by atoms with van der Waals surface area (Å²) in [6.07, 6.45) is 9.41. The van der Waals surface area contributed by atoms with Crippen molar-refractivity contribution in [3.63, 3.8) is 0 Å². The van der Waals surface area contributed by atoms with Crippen LogP contribution in [0.15, 0.2) is 54.6 Å². The highest BCUT2D eigenvalue weighted by molar-refractivity contribution is 8.02. The van der Waals surface area contributed by atoms with Crippen molar-refractivity contribution in [1.29, 1.82) is 0 Å². The maximum Gasteiger partial charge on any atom is 0.311 e. The number of likely N-dealkylation sites (tertiary alicyclic amines) is 1. The standard InChI is InChI=1S/C29H36N2O5S/c1-4-19(2)21(18-32)31-24-26(34)30(17-20-11-6-5-7-12-20)15-10-14-29(24)22(25(31)33)23-27(35)36-16-9-8-13-28(23,3)37-29/h5-8,10-14,19,21-24,32H,4,9,15-18H2,1-3H3/t19-,21-,22-,23-,24?,28+,29-/m0/s1. The van der Waals surface area contributed by atoms with E-state index in [2.05, 4.69) is 0 Å². The predicted octanol–water partition coefficient (Wildman–Crippen LogP) is 3.18. The number of benzene rings is 1. The van der Waals surface area contributed by atoms with Crippen LogP contribution in [0, 0.1) is 17.8 Å². The molecule has 5 rings (SSSR count). The van der Waals surface area contributed by atoms with E-state index in [0.717, 1.165) is 12.0 Å². The number of nitrogens with zero attached hydrogens (tertiary/aromatic N) is 2. The minimum absolute atomic E-state index is 0.0204. The average Bonchev–Trinajstić information content (AvgIpc) is 3.21. The Bertz CT molecular complexity index is 1120. The van der Waals surface area contributed by atoms with Gasteiger partial charge in [-0.2, -0.15) is 0 Å². The number of hydrogen-bond donors (Lipinski definition) is 1. The molecule has 0 aliphatic carbocycles. The number of rotatable bonds is 6. The van der Waals surface area contributed by atoms with E-state index in [4.69, 9.17) is 4.74 Å². The lowest BCUT2D eigenvalue weighted by Crippen LogP contribution is -2.58. The molecule has 0 radical (unpaired) electrons.